The van der Waals surface area contributed by atoms with E-state index in [-0.39, 0.29) is 0 Å². The molecule has 0 spiro atoms. The van der Waals surface area contributed by atoms with E-state index < -0.39 is 0 Å². The fraction of sp³-hybridized carbons (Fsp3) is 0.0952. The molecule has 0 radical (unpaired) electrons. The lowest BCUT2D eigenvalue weighted by Gasteiger charge is -2.05. The average Bonchev–Trinajstić information content (AvgIpc) is 2.61. The van der Waals surface area contributed by atoms with Crippen molar-refractivity contribution in [1.82, 2.24) is 4.98 Å². The second kappa shape index (κ2) is 6.86. The van der Waals surface area contributed by atoms with E-state index in [1.807, 2.05) is 30.5 Å². The van der Waals surface area contributed by atoms with Gasteiger partial charge in [-0.25, -0.2) is 0 Å². The number of aryl methyl sites for hydroxylation is 2. The molecule has 0 fully saturated rings. The topological polar surface area (TPSA) is 12.9 Å². The molecule has 0 atom stereocenters. The van der Waals surface area contributed by atoms with Gasteiger partial charge in [0.2, 0.25) is 0 Å². The van der Waals surface area contributed by atoms with Gasteiger partial charge in [0.15, 0.2) is 0 Å². The molecule has 2 aromatic carbocycles. The van der Waals surface area contributed by atoms with Crippen molar-refractivity contribution in [2.24, 2.45) is 0 Å². The van der Waals surface area contributed by atoms with Crippen molar-refractivity contribution in [2.75, 3.05) is 0 Å². The van der Waals surface area contributed by atoms with E-state index in [1.165, 1.54) is 22.3 Å². The number of hydrogen-bond acceptors (Lipinski definition) is 1. The highest BCUT2D eigenvalue weighted by Gasteiger charge is 2.00. The van der Waals surface area contributed by atoms with Crippen molar-refractivity contribution in [1.29, 1.82) is 0 Å². The van der Waals surface area contributed by atoms with Gasteiger partial charge in [0.1, 0.15) is 0 Å². The fourth-order valence-corrected chi connectivity index (χ4v) is 2.48. The second-order valence-corrected chi connectivity index (χ2v) is 5.36. The largest absolute Gasteiger partial charge is 0.256 e. The van der Waals surface area contributed by atoms with Crippen molar-refractivity contribution in [3.8, 4) is 11.3 Å². The van der Waals surface area contributed by atoms with Crippen LogP contribution in [0.4, 0.5) is 0 Å². The van der Waals surface area contributed by atoms with Gasteiger partial charge in [0.05, 0.1) is 5.69 Å². The molecular weight excluding hydrogens is 266 g/mol. The van der Waals surface area contributed by atoms with Gasteiger partial charge in [0.25, 0.3) is 0 Å². The van der Waals surface area contributed by atoms with Crippen LogP contribution in [0.15, 0.2) is 79.5 Å². The summed E-state index contributed by atoms with van der Waals surface area (Å²) in [5, 5.41) is 0. The van der Waals surface area contributed by atoms with Crippen molar-refractivity contribution in [3.63, 3.8) is 0 Å². The molecule has 0 amide bonds. The molecule has 22 heavy (non-hydrogen) atoms. The number of aromatic nitrogens is 1. The van der Waals surface area contributed by atoms with Gasteiger partial charge in [-0.3, -0.25) is 4.98 Å². The Bertz CT molecular complexity index is 725. The van der Waals surface area contributed by atoms with Gasteiger partial charge < -0.3 is 0 Å². The van der Waals surface area contributed by atoms with Gasteiger partial charge in [-0.2, -0.15) is 0 Å². The molecule has 1 nitrogen and oxygen atoms in total. The van der Waals surface area contributed by atoms with Gasteiger partial charge in [0, 0.05) is 11.8 Å². The summed E-state index contributed by atoms with van der Waals surface area (Å²) in [7, 11) is 0. The lowest BCUT2D eigenvalue weighted by molar-refractivity contribution is 0.960. The predicted octanol–water partition coefficient (Wildman–Crippen LogP) is 5.18. The Hall–Kier alpha value is -2.67. The van der Waals surface area contributed by atoms with Crippen LogP contribution in [0.1, 0.15) is 16.7 Å². The minimum absolute atomic E-state index is 1.02. The van der Waals surface area contributed by atoms with E-state index in [0.717, 1.165) is 18.5 Å². The summed E-state index contributed by atoms with van der Waals surface area (Å²) >= 11 is 0. The molecule has 0 aliphatic carbocycles. The van der Waals surface area contributed by atoms with E-state index in [1.54, 1.807) is 0 Å². The third-order valence-corrected chi connectivity index (χ3v) is 3.83. The molecule has 0 aliphatic rings. The third-order valence-electron chi connectivity index (χ3n) is 3.83. The molecule has 3 rings (SSSR count). The zero-order valence-electron chi connectivity index (χ0n) is 12.6. The number of pyridine rings is 1. The van der Waals surface area contributed by atoms with Crippen LogP contribution in [0.3, 0.4) is 0 Å². The van der Waals surface area contributed by atoms with Crippen LogP contribution in [0.2, 0.25) is 0 Å². The Morgan fingerprint density at radius 1 is 0.773 bits per heavy atom. The van der Waals surface area contributed by atoms with Crippen LogP contribution in [0.25, 0.3) is 17.3 Å². The normalized spacial score (nSPS) is 10.4. The minimum Gasteiger partial charge on any atom is -0.256 e. The zero-order valence-corrected chi connectivity index (χ0v) is 12.6. The second-order valence-electron chi connectivity index (χ2n) is 5.36. The SMILES string of the molecule is C=Cc1ccc(CCc2ccc(-c3ccccn3)cc2)cc1. The van der Waals surface area contributed by atoms with E-state index >= 15 is 0 Å². The lowest BCUT2D eigenvalue weighted by atomic mass is 10.0. The molecule has 0 unspecified atom stereocenters. The number of benzene rings is 2. The summed E-state index contributed by atoms with van der Waals surface area (Å²) in [5.41, 5.74) is 6.07. The first-order chi connectivity index (χ1) is 10.8. The fourth-order valence-electron chi connectivity index (χ4n) is 2.48. The van der Waals surface area contributed by atoms with Crippen molar-refractivity contribution >= 4 is 6.08 Å². The maximum absolute atomic E-state index is 4.38. The molecule has 108 valence electrons. The molecule has 0 saturated heterocycles. The number of rotatable bonds is 5. The average molecular weight is 285 g/mol. The molecular formula is C21H19N. The van der Waals surface area contributed by atoms with Crippen LogP contribution >= 0.6 is 0 Å². The highest BCUT2D eigenvalue weighted by Crippen LogP contribution is 2.18. The Labute approximate surface area is 132 Å². The summed E-state index contributed by atoms with van der Waals surface area (Å²) in [4.78, 5) is 4.38. The van der Waals surface area contributed by atoms with Gasteiger partial charge in [-0.1, -0.05) is 67.3 Å². The molecule has 1 heteroatoms. The minimum atomic E-state index is 1.02. The van der Waals surface area contributed by atoms with Crippen LogP contribution in [0, 0.1) is 0 Å². The van der Waals surface area contributed by atoms with E-state index in [4.69, 9.17) is 0 Å². The van der Waals surface area contributed by atoms with E-state index in [2.05, 4.69) is 60.1 Å². The highest BCUT2D eigenvalue weighted by molar-refractivity contribution is 5.59. The standard InChI is InChI=1S/C21H19N/c1-2-17-6-8-18(9-7-17)10-11-19-12-14-20(15-13-19)21-5-3-4-16-22-21/h2-9,12-16H,1,10-11H2. The first-order valence-electron chi connectivity index (χ1n) is 7.57. The van der Waals surface area contributed by atoms with Crippen molar-refractivity contribution in [3.05, 3.63) is 96.2 Å². The Balaban J connectivity index is 1.64. The van der Waals surface area contributed by atoms with Crippen molar-refractivity contribution in [2.45, 2.75) is 12.8 Å². The van der Waals surface area contributed by atoms with Gasteiger partial charge in [-0.05, 0) is 41.7 Å². The molecule has 0 bridgehead atoms. The van der Waals surface area contributed by atoms with E-state index in [0.29, 0.717) is 0 Å². The van der Waals surface area contributed by atoms with Crippen molar-refractivity contribution < 1.29 is 0 Å². The van der Waals surface area contributed by atoms with Crippen LogP contribution in [-0.2, 0) is 12.8 Å². The van der Waals surface area contributed by atoms with Crippen LogP contribution in [-0.4, -0.2) is 4.98 Å². The van der Waals surface area contributed by atoms with Crippen LogP contribution < -0.4 is 0 Å². The summed E-state index contributed by atoms with van der Waals surface area (Å²) in [5.74, 6) is 0. The lowest BCUT2D eigenvalue weighted by Crippen LogP contribution is -1.92. The molecule has 3 aromatic rings. The summed E-state index contributed by atoms with van der Waals surface area (Å²) in [6.07, 6.45) is 5.81. The summed E-state index contributed by atoms with van der Waals surface area (Å²) in [6.45, 7) is 3.78. The molecule has 0 aliphatic heterocycles. The molecule has 0 N–H and O–H groups in total. The Kier molecular flexibility index (Phi) is 4.45. The molecule has 1 aromatic heterocycles. The van der Waals surface area contributed by atoms with Gasteiger partial charge in [-0.15, -0.1) is 0 Å². The van der Waals surface area contributed by atoms with Gasteiger partial charge >= 0.3 is 0 Å². The quantitative estimate of drug-likeness (QED) is 0.629. The Morgan fingerprint density at radius 2 is 1.41 bits per heavy atom. The monoisotopic (exact) mass is 285 g/mol. The van der Waals surface area contributed by atoms with Crippen LogP contribution in [0.5, 0.6) is 0 Å². The predicted molar refractivity (Wildman–Crippen MR) is 93.6 cm³/mol. The summed E-state index contributed by atoms with van der Waals surface area (Å²) in [6, 6.07) is 23.3. The zero-order chi connectivity index (χ0) is 15.2. The number of nitrogens with zero attached hydrogens (tertiary/aromatic N) is 1. The molecule has 1 heterocycles. The molecule has 0 saturated carbocycles. The number of hydrogen-bond donors (Lipinski definition) is 0. The highest BCUT2D eigenvalue weighted by atomic mass is 14.7. The first-order valence-corrected chi connectivity index (χ1v) is 7.57. The third kappa shape index (κ3) is 3.50. The Morgan fingerprint density at radius 3 is 1.95 bits per heavy atom. The smallest absolute Gasteiger partial charge is 0.0701 e. The van der Waals surface area contributed by atoms with E-state index in [9.17, 15) is 0 Å². The maximum Gasteiger partial charge on any atom is 0.0701 e. The maximum atomic E-state index is 4.38. The first kappa shape index (κ1) is 14.3. The summed E-state index contributed by atoms with van der Waals surface area (Å²) < 4.78 is 0.